The summed E-state index contributed by atoms with van der Waals surface area (Å²) in [4.78, 5) is 0. The monoisotopic (exact) mass is 250 g/mol. The molecular formula is C19H22. The summed E-state index contributed by atoms with van der Waals surface area (Å²) in [6, 6.07) is 18.8. The minimum absolute atomic E-state index is 0.420. The number of rotatable bonds is 1. The zero-order chi connectivity index (χ0) is 14.1. The van der Waals surface area contributed by atoms with Crippen LogP contribution in [0.1, 0.15) is 33.3 Å². The summed E-state index contributed by atoms with van der Waals surface area (Å²) in [5.41, 5.74) is 3.56. The first kappa shape index (κ1) is 15.1. The van der Waals surface area contributed by atoms with Crippen molar-refractivity contribution < 1.29 is 0 Å². The fraction of sp³-hybridized carbons (Fsp3) is 0.263. The van der Waals surface area contributed by atoms with E-state index in [1.807, 2.05) is 19.9 Å². The number of hydrogen-bond donors (Lipinski definition) is 0. The highest BCUT2D eigenvalue weighted by atomic mass is 14.0. The topological polar surface area (TPSA) is 0 Å². The Hall–Kier alpha value is -2.00. The van der Waals surface area contributed by atoms with Gasteiger partial charge in [-0.05, 0) is 23.3 Å². The normalized spacial score (nSPS) is 9.11. The van der Waals surface area contributed by atoms with Crippen molar-refractivity contribution in [2.75, 3.05) is 0 Å². The van der Waals surface area contributed by atoms with Crippen molar-refractivity contribution in [2.24, 2.45) is 5.92 Å². The summed E-state index contributed by atoms with van der Waals surface area (Å²) in [5.74, 6) is 6.76. The van der Waals surface area contributed by atoms with Gasteiger partial charge in [-0.3, -0.25) is 0 Å². The molecule has 0 aliphatic rings. The highest BCUT2D eigenvalue weighted by Gasteiger charge is 1.95. The van der Waals surface area contributed by atoms with Gasteiger partial charge in [-0.15, -0.1) is 0 Å². The van der Waals surface area contributed by atoms with Crippen LogP contribution < -0.4 is 0 Å². The molecule has 98 valence electrons. The van der Waals surface area contributed by atoms with Crippen LogP contribution in [0.2, 0.25) is 0 Å². The van der Waals surface area contributed by atoms with Crippen molar-refractivity contribution in [3.05, 3.63) is 60.2 Å². The summed E-state index contributed by atoms with van der Waals surface area (Å²) >= 11 is 0. The first-order valence-corrected chi connectivity index (χ1v) is 6.93. The third-order valence-corrected chi connectivity index (χ3v) is 2.50. The summed E-state index contributed by atoms with van der Waals surface area (Å²) in [5, 5.41) is 0. The van der Waals surface area contributed by atoms with Gasteiger partial charge in [0.2, 0.25) is 0 Å². The standard InChI is InChI=1S/C17H16.C2H6/c1-14(2)8-9-15-10-12-17(13-11-15)16-6-4-3-5-7-16;1-2/h3-7,10-14H,1-2H3;1-2H3. The Labute approximate surface area is 117 Å². The van der Waals surface area contributed by atoms with Crippen LogP contribution in [-0.4, -0.2) is 0 Å². The second-order valence-electron chi connectivity index (χ2n) is 4.37. The van der Waals surface area contributed by atoms with Gasteiger partial charge < -0.3 is 0 Å². The van der Waals surface area contributed by atoms with Gasteiger partial charge in [0.25, 0.3) is 0 Å². The van der Waals surface area contributed by atoms with Crippen molar-refractivity contribution in [3.63, 3.8) is 0 Å². The summed E-state index contributed by atoms with van der Waals surface area (Å²) in [7, 11) is 0. The lowest BCUT2D eigenvalue weighted by Crippen LogP contribution is -1.81. The highest BCUT2D eigenvalue weighted by molar-refractivity contribution is 5.64. The minimum atomic E-state index is 0.420. The van der Waals surface area contributed by atoms with Gasteiger partial charge in [0, 0.05) is 11.5 Å². The third kappa shape index (κ3) is 5.02. The van der Waals surface area contributed by atoms with Gasteiger partial charge in [-0.2, -0.15) is 0 Å². The van der Waals surface area contributed by atoms with Crippen molar-refractivity contribution in [3.8, 4) is 23.0 Å². The molecule has 0 bridgehead atoms. The molecule has 0 heterocycles. The lowest BCUT2D eigenvalue weighted by molar-refractivity contribution is 0.866. The first-order valence-electron chi connectivity index (χ1n) is 6.93. The number of benzene rings is 2. The molecular weight excluding hydrogens is 228 g/mol. The highest BCUT2D eigenvalue weighted by Crippen LogP contribution is 2.18. The van der Waals surface area contributed by atoms with Crippen molar-refractivity contribution in [1.29, 1.82) is 0 Å². The lowest BCUT2D eigenvalue weighted by atomic mass is 10.0. The molecule has 2 aromatic carbocycles. The van der Waals surface area contributed by atoms with Crippen molar-refractivity contribution >= 4 is 0 Å². The van der Waals surface area contributed by atoms with E-state index in [1.54, 1.807) is 0 Å². The average Bonchev–Trinajstić information content (AvgIpc) is 2.49. The fourth-order valence-electron chi connectivity index (χ4n) is 1.60. The van der Waals surface area contributed by atoms with Gasteiger partial charge in [-0.25, -0.2) is 0 Å². The van der Waals surface area contributed by atoms with E-state index in [-0.39, 0.29) is 0 Å². The Balaban J connectivity index is 0.000000861. The molecule has 0 saturated heterocycles. The van der Waals surface area contributed by atoms with E-state index in [0.717, 1.165) is 5.56 Å². The molecule has 0 amide bonds. The Kier molecular flexibility index (Phi) is 6.47. The molecule has 0 aliphatic heterocycles. The molecule has 0 saturated carbocycles. The summed E-state index contributed by atoms with van der Waals surface area (Å²) in [6.07, 6.45) is 0. The molecule has 0 heteroatoms. The zero-order valence-corrected chi connectivity index (χ0v) is 12.3. The molecule has 0 unspecified atom stereocenters. The van der Waals surface area contributed by atoms with Gasteiger partial charge in [-0.1, -0.05) is 82.0 Å². The van der Waals surface area contributed by atoms with E-state index < -0.39 is 0 Å². The van der Waals surface area contributed by atoms with Crippen LogP contribution >= 0.6 is 0 Å². The summed E-state index contributed by atoms with van der Waals surface area (Å²) < 4.78 is 0. The molecule has 19 heavy (non-hydrogen) atoms. The van der Waals surface area contributed by atoms with E-state index in [2.05, 4.69) is 74.2 Å². The SMILES string of the molecule is CC.CC(C)C#Cc1ccc(-c2ccccc2)cc1. The van der Waals surface area contributed by atoms with E-state index in [1.165, 1.54) is 11.1 Å². The molecule has 0 aliphatic carbocycles. The summed E-state index contributed by atoms with van der Waals surface area (Å²) in [6.45, 7) is 8.21. The van der Waals surface area contributed by atoms with Crippen LogP contribution in [0.3, 0.4) is 0 Å². The molecule has 0 N–H and O–H groups in total. The smallest absolute Gasteiger partial charge is 0.0245 e. The zero-order valence-electron chi connectivity index (χ0n) is 12.3. The third-order valence-electron chi connectivity index (χ3n) is 2.50. The van der Waals surface area contributed by atoms with Gasteiger partial charge in [0.15, 0.2) is 0 Å². The maximum atomic E-state index is 3.17. The van der Waals surface area contributed by atoms with E-state index in [0.29, 0.717) is 5.92 Å². The molecule has 0 atom stereocenters. The lowest BCUT2D eigenvalue weighted by Gasteiger charge is -2.00. The molecule has 0 radical (unpaired) electrons. The van der Waals surface area contributed by atoms with Gasteiger partial charge in [0.1, 0.15) is 0 Å². The van der Waals surface area contributed by atoms with E-state index in [4.69, 9.17) is 0 Å². The minimum Gasteiger partial charge on any atom is -0.0951 e. The molecule has 2 rings (SSSR count). The Morgan fingerprint density at radius 3 is 1.79 bits per heavy atom. The molecule has 2 aromatic rings. The molecule has 0 nitrogen and oxygen atoms in total. The van der Waals surface area contributed by atoms with Crippen LogP contribution in [0.5, 0.6) is 0 Å². The maximum Gasteiger partial charge on any atom is 0.0245 e. The Morgan fingerprint density at radius 1 is 0.737 bits per heavy atom. The predicted molar refractivity (Wildman–Crippen MR) is 84.9 cm³/mol. The van der Waals surface area contributed by atoms with Crippen LogP contribution in [0, 0.1) is 17.8 Å². The van der Waals surface area contributed by atoms with Crippen LogP contribution in [-0.2, 0) is 0 Å². The second kappa shape index (κ2) is 8.16. The van der Waals surface area contributed by atoms with E-state index >= 15 is 0 Å². The predicted octanol–water partition coefficient (Wildman–Crippen LogP) is 5.39. The average molecular weight is 250 g/mol. The molecule has 0 spiro atoms. The van der Waals surface area contributed by atoms with E-state index in [9.17, 15) is 0 Å². The van der Waals surface area contributed by atoms with Crippen LogP contribution in [0.15, 0.2) is 54.6 Å². The molecule has 0 fully saturated rings. The second-order valence-corrected chi connectivity index (χ2v) is 4.37. The van der Waals surface area contributed by atoms with Crippen molar-refractivity contribution in [1.82, 2.24) is 0 Å². The van der Waals surface area contributed by atoms with Gasteiger partial charge in [0.05, 0.1) is 0 Å². The van der Waals surface area contributed by atoms with Crippen molar-refractivity contribution in [2.45, 2.75) is 27.7 Å². The van der Waals surface area contributed by atoms with Crippen LogP contribution in [0.4, 0.5) is 0 Å². The van der Waals surface area contributed by atoms with Gasteiger partial charge >= 0.3 is 0 Å². The maximum absolute atomic E-state index is 3.17. The Bertz CT molecular complexity index is 522. The fourth-order valence-corrected chi connectivity index (χ4v) is 1.60. The quantitative estimate of drug-likeness (QED) is 0.595. The number of hydrogen-bond acceptors (Lipinski definition) is 0. The Morgan fingerprint density at radius 2 is 1.26 bits per heavy atom. The van der Waals surface area contributed by atoms with Crippen LogP contribution in [0.25, 0.3) is 11.1 Å². The largest absolute Gasteiger partial charge is 0.0951 e. The first-order chi connectivity index (χ1) is 9.25. The molecule has 0 aromatic heterocycles.